The number of fused-ring (bicyclic) bond motifs is 1. The Morgan fingerprint density at radius 1 is 1.18 bits per heavy atom. The molecule has 2 heterocycles. The summed E-state index contributed by atoms with van der Waals surface area (Å²) in [5, 5.41) is 4.85. The van der Waals surface area contributed by atoms with E-state index in [0.717, 1.165) is 19.5 Å². The fraction of sp³-hybridized carbons (Fsp3) is 0.278. The van der Waals surface area contributed by atoms with Gasteiger partial charge >= 0.3 is 0 Å². The first-order valence-electron chi connectivity index (χ1n) is 7.41. The van der Waals surface area contributed by atoms with Crippen molar-refractivity contribution in [3.05, 3.63) is 65.1 Å². The van der Waals surface area contributed by atoms with Gasteiger partial charge in [-0.1, -0.05) is 17.7 Å². The smallest absolute Gasteiger partial charge is 0.0459 e. The second-order valence-corrected chi connectivity index (χ2v) is 5.57. The van der Waals surface area contributed by atoms with Crippen molar-refractivity contribution in [1.82, 2.24) is 15.3 Å². The minimum atomic E-state index is 0. The van der Waals surface area contributed by atoms with Crippen LogP contribution in [-0.2, 0) is 13.0 Å². The number of aromatic amines is 1. The Hall–Kier alpha value is -1.84. The predicted octanol–water partition coefficient (Wildman–Crippen LogP) is 3.93. The highest BCUT2D eigenvalue weighted by Gasteiger charge is 2.08. The van der Waals surface area contributed by atoms with Crippen molar-refractivity contribution in [3.8, 4) is 0 Å². The number of aromatic nitrogens is 2. The fourth-order valence-electron chi connectivity index (χ4n) is 2.77. The lowest BCUT2D eigenvalue weighted by molar-refractivity contribution is 0.685. The quantitative estimate of drug-likeness (QED) is 0.700. The molecule has 2 aromatic heterocycles. The van der Waals surface area contributed by atoms with Gasteiger partial charge in [0.2, 0.25) is 0 Å². The molecule has 0 atom stereocenters. The van der Waals surface area contributed by atoms with Gasteiger partial charge in [-0.2, -0.15) is 0 Å². The van der Waals surface area contributed by atoms with E-state index in [1.165, 1.54) is 33.3 Å². The van der Waals surface area contributed by atoms with Crippen molar-refractivity contribution in [2.24, 2.45) is 0 Å². The van der Waals surface area contributed by atoms with E-state index >= 15 is 0 Å². The molecule has 0 bridgehead atoms. The Morgan fingerprint density at radius 2 is 2.05 bits per heavy atom. The molecule has 0 unspecified atom stereocenters. The van der Waals surface area contributed by atoms with Gasteiger partial charge < -0.3 is 10.3 Å². The van der Waals surface area contributed by atoms with Crippen LogP contribution in [0.2, 0.25) is 0 Å². The number of aryl methyl sites for hydroxylation is 2. The largest absolute Gasteiger partial charge is 0.358 e. The number of benzene rings is 1. The van der Waals surface area contributed by atoms with Crippen LogP contribution in [0.25, 0.3) is 10.9 Å². The first-order chi connectivity index (χ1) is 10.2. The summed E-state index contributed by atoms with van der Waals surface area (Å²) in [6, 6.07) is 10.7. The standard InChI is InChI=1S/C18H21N3.ClH/c1-13-5-6-18-17(10-13)16(14(2)21-18)7-9-20-12-15-4-3-8-19-11-15;/h3-6,8,10-11,20-21H,7,9,12H2,1-2H3;1H. The Labute approximate surface area is 137 Å². The van der Waals surface area contributed by atoms with Crippen LogP contribution in [0, 0.1) is 13.8 Å². The minimum Gasteiger partial charge on any atom is -0.358 e. The first kappa shape index (κ1) is 16.5. The van der Waals surface area contributed by atoms with Crippen LogP contribution in [0.3, 0.4) is 0 Å². The number of nitrogens with zero attached hydrogens (tertiary/aromatic N) is 1. The van der Waals surface area contributed by atoms with E-state index in [1.54, 1.807) is 6.20 Å². The molecule has 0 fully saturated rings. The number of rotatable bonds is 5. The summed E-state index contributed by atoms with van der Waals surface area (Å²) >= 11 is 0. The lowest BCUT2D eigenvalue weighted by Crippen LogP contribution is -2.16. The lowest BCUT2D eigenvalue weighted by atomic mass is 10.1. The maximum Gasteiger partial charge on any atom is 0.0459 e. The van der Waals surface area contributed by atoms with Crippen molar-refractivity contribution in [3.63, 3.8) is 0 Å². The molecule has 116 valence electrons. The van der Waals surface area contributed by atoms with Gasteiger partial charge in [-0.05, 0) is 56.1 Å². The van der Waals surface area contributed by atoms with Gasteiger partial charge in [0.05, 0.1) is 0 Å². The van der Waals surface area contributed by atoms with Crippen LogP contribution < -0.4 is 5.32 Å². The maximum absolute atomic E-state index is 4.13. The molecule has 3 rings (SSSR count). The second kappa shape index (κ2) is 7.43. The molecule has 0 spiro atoms. The van der Waals surface area contributed by atoms with E-state index in [9.17, 15) is 0 Å². The van der Waals surface area contributed by atoms with Crippen LogP contribution >= 0.6 is 12.4 Å². The van der Waals surface area contributed by atoms with Gasteiger partial charge in [0, 0.05) is 35.5 Å². The van der Waals surface area contributed by atoms with Crippen molar-refractivity contribution in [2.45, 2.75) is 26.8 Å². The van der Waals surface area contributed by atoms with Gasteiger partial charge in [0.15, 0.2) is 0 Å². The molecule has 0 aliphatic heterocycles. The third-order valence-corrected chi connectivity index (χ3v) is 3.88. The van der Waals surface area contributed by atoms with Crippen LogP contribution in [-0.4, -0.2) is 16.5 Å². The lowest BCUT2D eigenvalue weighted by Gasteiger charge is -2.05. The molecule has 0 amide bonds. The Kier molecular flexibility index (Phi) is 5.58. The molecular weight excluding hydrogens is 294 g/mol. The number of pyridine rings is 1. The average molecular weight is 316 g/mol. The van der Waals surface area contributed by atoms with Crippen molar-refractivity contribution < 1.29 is 0 Å². The summed E-state index contributed by atoms with van der Waals surface area (Å²) in [7, 11) is 0. The Morgan fingerprint density at radius 3 is 2.82 bits per heavy atom. The van der Waals surface area contributed by atoms with Crippen LogP contribution in [0.5, 0.6) is 0 Å². The molecule has 3 aromatic rings. The predicted molar refractivity (Wildman–Crippen MR) is 94.7 cm³/mol. The molecule has 1 aromatic carbocycles. The highest BCUT2D eigenvalue weighted by molar-refractivity contribution is 5.85. The average Bonchev–Trinajstić information content (AvgIpc) is 2.80. The van der Waals surface area contributed by atoms with Crippen LogP contribution in [0.4, 0.5) is 0 Å². The molecule has 0 saturated heterocycles. The summed E-state index contributed by atoms with van der Waals surface area (Å²) in [4.78, 5) is 7.61. The zero-order chi connectivity index (χ0) is 14.7. The summed E-state index contributed by atoms with van der Waals surface area (Å²) in [5.41, 5.74) is 6.47. The Balaban J connectivity index is 0.00000176. The minimum absolute atomic E-state index is 0. The molecular formula is C18H22ClN3. The third kappa shape index (κ3) is 3.67. The number of hydrogen-bond donors (Lipinski definition) is 2. The fourth-order valence-corrected chi connectivity index (χ4v) is 2.77. The zero-order valence-corrected chi connectivity index (χ0v) is 13.8. The molecule has 0 aliphatic carbocycles. The topological polar surface area (TPSA) is 40.7 Å². The van der Waals surface area contributed by atoms with Gasteiger partial charge in [0.1, 0.15) is 0 Å². The maximum atomic E-state index is 4.13. The van der Waals surface area contributed by atoms with Gasteiger partial charge in [-0.25, -0.2) is 0 Å². The molecule has 0 saturated carbocycles. The summed E-state index contributed by atoms with van der Waals surface area (Å²) in [5.74, 6) is 0. The number of nitrogens with one attached hydrogen (secondary N) is 2. The van der Waals surface area contributed by atoms with Gasteiger partial charge in [-0.15, -0.1) is 12.4 Å². The monoisotopic (exact) mass is 315 g/mol. The first-order valence-corrected chi connectivity index (χ1v) is 7.41. The highest BCUT2D eigenvalue weighted by Crippen LogP contribution is 2.23. The van der Waals surface area contributed by atoms with E-state index in [2.05, 4.69) is 53.4 Å². The zero-order valence-electron chi connectivity index (χ0n) is 13.0. The van der Waals surface area contributed by atoms with E-state index in [4.69, 9.17) is 0 Å². The Bertz CT molecular complexity index is 735. The van der Waals surface area contributed by atoms with Crippen LogP contribution in [0.15, 0.2) is 42.7 Å². The summed E-state index contributed by atoms with van der Waals surface area (Å²) < 4.78 is 0. The number of halogens is 1. The van der Waals surface area contributed by atoms with E-state index in [1.807, 2.05) is 12.3 Å². The number of hydrogen-bond acceptors (Lipinski definition) is 2. The number of H-pyrrole nitrogens is 1. The summed E-state index contributed by atoms with van der Waals surface area (Å²) in [6.45, 7) is 6.14. The molecule has 22 heavy (non-hydrogen) atoms. The highest BCUT2D eigenvalue weighted by atomic mass is 35.5. The second-order valence-electron chi connectivity index (χ2n) is 5.57. The molecule has 0 radical (unpaired) electrons. The van der Waals surface area contributed by atoms with E-state index in [-0.39, 0.29) is 12.4 Å². The van der Waals surface area contributed by atoms with Crippen molar-refractivity contribution in [1.29, 1.82) is 0 Å². The molecule has 0 aliphatic rings. The van der Waals surface area contributed by atoms with E-state index in [0.29, 0.717) is 0 Å². The molecule has 2 N–H and O–H groups in total. The molecule has 3 nitrogen and oxygen atoms in total. The van der Waals surface area contributed by atoms with Gasteiger partial charge in [-0.3, -0.25) is 4.98 Å². The third-order valence-electron chi connectivity index (χ3n) is 3.88. The SMILES string of the molecule is Cc1ccc2[nH]c(C)c(CCNCc3cccnc3)c2c1.Cl. The van der Waals surface area contributed by atoms with Crippen molar-refractivity contribution in [2.75, 3.05) is 6.54 Å². The van der Waals surface area contributed by atoms with Crippen LogP contribution in [0.1, 0.15) is 22.4 Å². The van der Waals surface area contributed by atoms with Gasteiger partial charge in [0.25, 0.3) is 0 Å². The summed E-state index contributed by atoms with van der Waals surface area (Å²) in [6.07, 6.45) is 4.75. The molecule has 4 heteroatoms. The normalized spacial score (nSPS) is 10.6. The van der Waals surface area contributed by atoms with Crippen molar-refractivity contribution >= 4 is 23.3 Å². The van der Waals surface area contributed by atoms with E-state index < -0.39 is 0 Å².